The summed E-state index contributed by atoms with van der Waals surface area (Å²) in [6.45, 7) is 6.91. The third kappa shape index (κ3) is 2.86. The quantitative estimate of drug-likeness (QED) is 0.924. The SMILES string of the molecule is CCN1CCO[C@H](CNc2ncnc3ccsc23)C1. The molecule has 1 aliphatic heterocycles. The second-order valence-corrected chi connectivity index (χ2v) is 5.54. The Bertz CT molecular complexity index is 544. The van der Waals surface area contributed by atoms with Crippen LogP contribution in [0.3, 0.4) is 0 Å². The van der Waals surface area contributed by atoms with E-state index < -0.39 is 0 Å². The maximum Gasteiger partial charge on any atom is 0.147 e. The smallest absolute Gasteiger partial charge is 0.147 e. The second kappa shape index (κ2) is 5.81. The molecule has 6 heteroatoms. The van der Waals surface area contributed by atoms with Crippen molar-refractivity contribution in [3.05, 3.63) is 17.8 Å². The van der Waals surface area contributed by atoms with E-state index in [1.54, 1.807) is 17.7 Å². The maximum atomic E-state index is 5.78. The zero-order valence-corrected chi connectivity index (χ0v) is 11.8. The van der Waals surface area contributed by atoms with Crippen LogP contribution in [-0.4, -0.2) is 53.8 Å². The predicted molar refractivity (Wildman–Crippen MR) is 77.8 cm³/mol. The van der Waals surface area contributed by atoms with Crippen molar-refractivity contribution in [3.8, 4) is 0 Å². The number of morpholine rings is 1. The van der Waals surface area contributed by atoms with E-state index in [2.05, 4.69) is 27.1 Å². The Morgan fingerprint density at radius 1 is 1.53 bits per heavy atom. The highest BCUT2D eigenvalue weighted by Gasteiger charge is 2.19. The minimum atomic E-state index is 0.235. The summed E-state index contributed by atoms with van der Waals surface area (Å²) >= 11 is 1.67. The summed E-state index contributed by atoms with van der Waals surface area (Å²) in [5.74, 6) is 0.914. The van der Waals surface area contributed by atoms with Crippen LogP contribution < -0.4 is 5.32 Å². The highest BCUT2D eigenvalue weighted by Crippen LogP contribution is 2.24. The molecule has 2 aromatic rings. The molecule has 1 saturated heterocycles. The number of fused-ring (bicyclic) bond motifs is 1. The molecule has 1 fully saturated rings. The molecule has 0 aliphatic carbocycles. The van der Waals surface area contributed by atoms with Gasteiger partial charge in [-0.05, 0) is 18.0 Å². The van der Waals surface area contributed by atoms with Gasteiger partial charge in [-0.25, -0.2) is 9.97 Å². The minimum absolute atomic E-state index is 0.235. The molecule has 19 heavy (non-hydrogen) atoms. The lowest BCUT2D eigenvalue weighted by molar-refractivity contribution is -0.0192. The first-order chi connectivity index (χ1) is 9.36. The fourth-order valence-electron chi connectivity index (χ4n) is 2.32. The Labute approximate surface area is 116 Å². The highest BCUT2D eigenvalue weighted by atomic mass is 32.1. The molecule has 0 spiro atoms. The van der Waals surface area contributed by atoms with Crippen molar-refractivity contribution in [1.82, 2.24) is 14.9 Å². The van der Waals surface area contributed by atoms with Gasteiger partial charge in [-0.1, -0.05) is 6.92 Å². The van der Waals surface area contributed by atoms with Crippen molar-refractivity contribution in [2.24, 2.45) is 0 Å². The normalized spacial score (nSPS) is 20.8. The van der Waals surface area contributed by atoms with Gasteiger partial charge in [0.05, 0.1) is 22.9 Å². The van der Waals surface area contributed by atoms with Crippen molar-refractivity contribution >= 4 is 27.4 Å². The van der Waals surface area contributed by atoms with Crippen molar-refractivity contribution in [2.45, 2.75) is 13.0 Å². The number of ether oxygens (including phenoxy) is 1. The van der Waals surface area contributed by atoms with E-state index in [0.717, 1.165) is 48.8 Å². The van der Waals surface area contributed by atoms with Crippen LogP contribution in [0.15, 0.2) is 17.8 Å². The molecule has 0 bridgehead atoms. The lowest BCUT2D eigenvalue weighted by atomic mass is 10.2. The van der Waals surface area contributed by atoms with Crippen LogP contribution >= 0.6 is 11.3 Å². The van der Waals surface area contributed by atoms with Crippen LogP contribution in [0.1, 0.15) is 6.92 Å². The number of aromatic nitrogens is 2. The van der Waals surface area contributed by atoms with Gasteiger partial charge in [0.1, 0.15) is 12.1 Å². The fourth-order valence-corrected chi connectivity index (χ4v) is 3.13. The largest absolute Gasteiger partial charge is 0.374 e. The van der Waals surface area contributed by atoms with Gasteiger partial charge < -0.3 is 10.1 Å². The fraction of sp³-hybridized carbons (Fsp3) is 0.538. The first-order valence-electron chi connectivity index (χ1n) is 6.63. The number of anilines is 1. The number of thiophene rings is 1. The molecule has 102 valence electrons. The molecule has 5 nitrogen and oxygen atoms in total. The summed E-state index contributed by atoms with van der Waals surface area (Å²) < 4.78 is 6.90. The zero-order chi connectivity index (χ0) is 13.1. The summed E-state index contributed by atoms with van der Waals surface area (Å²) in [6, 6.07) is 2.02. The van der Waals surface area contributed by atoms with Gasteiger partial charge in [-0.2, -0.15) is 0 Å². The van der Waals surface area contributed by atoms with Crippen LogP contribution in [0.25, 0.3) is 10.2 Å². The Hall–Kier alpha value is -1.24. The molecule has 0 amide bonds. The molecule has 0 radical (unpaired) electrons. The number of rotatable bonds is 4. The number of nitrogens with zero attached hydrogens (tertiary/aromatic N) is 3. The summed E-state index contributed by atoms with van der Waals surface area (Å²) in [4.78, 5) is 11.0. The van der Waals surface area contributed by atoms with E-state index in [-0.39, 0.29) is 6.10 Å². The average Bonchev–Trinajstić information content (AvgIpc) is 2.94. The first kappa shape index (κ1) is 12.8. The average molecular weight is 278 g/mol. The maximum absolute atomic E-state index is 5.78. The van der Waals surface area contributed by atoms with Gasteiger partial charge in [-0.3, -0.25) is 4.90 Å². The van der Waals surface area contributed by atoms with Crippen molar-refractivity contribution in [3.63, 3.8) is 0 Å². The molecule has 2 aromatic heterocycles. The third-order valence-electron chi connectivity index (χ3n) is 3.41. The van der Waals surface area contributed by atoms with Crippen molar-refractivity contribution in [1.29, 1.82) is 0 Å². The van der Waals surface area contributed by atoms with E-state index in [9.17, 15) is 0 Å². The Morgan fingerprint density at radius 2 is 2.47 bits per heavy atom. The molecular formula is C13H18N4OS. The summed E-state index contributed by atoms with van der Waals surface area (Å²) in [5.41, 5.74) is 1.00. The van der Waals surface area contributed by atoms with Gasteiger partial charge >= 0.3 is 0 Å². The molecule has 0 unspecified atom stereocenters. The number of hydrogen-bond donors (Lipinski definition) is 1. The molecule has 3 rings (SSSR count). The lowest BCUT2D eigenvalue weighted by Crippen LogP contribution is -2.45. The van der Waals surface area contributed by atoms with Crippen molar-refractivity contribution < 1.29 is 4.74 Å². The van der Waals surface area contributed by atoms with Crippen LogP contribution in [0.5, 0.6) is 0 Å². The summed E-state index contributed by atoms with van der Waals surface area (Å²) in [7, 11) is 0. The lowest BCUT2D eigenvalue weighted by Gasteiger charge is -2.32. The summed E-state index contributed by atoms with van der Waals surface area (Å²) in [6.07, 6.45) is 1.84. The molecule has 1 atom stereocenters. The van der Waals surface area contributed by atoms with Gasteiger partial charge in [0.25, 0.3) is 0 Å². The Kier molecular flexibility index (Phi) is 3.91. The molecule has 3 heterocycles. The van der Waals surface area contributed by atoms with Crippen molar-refractivity contribution in [2.75, 3.05) is 38.1 Å². The number of nitrogens with one attached hydrogen (secondary N) is 1. The molecule has 1 aliphatic rings. The van der Waals surface area contributed by atoms with Crippen LogP contribution in [0, 0.1) is 0 Å². The van der Waals surface area contributed by atoms with E-state index in [4.69, 9.17) is 4.74 Å². The van der Waals surface area contributed by atoms with Crippen LogP contribution in [0.4, 0.5) is 5.82 Å². The van der Waals surface area contributed by atoms with E-state index in [0.29, 0.717) is 0 Å². The molecular weight excluding hydrogens is 260 g/mol. The summed E-state index contributed by atoms with van der Waals surface area (Å²) in [5, 5.41) is 5.44. The van der Waals surface area contributed by atoms with Gasteiger partial charge in [0.2, 0.25) is 0 Å². The van der Waals surface area contributed by atoms with Gasteiger partial charge in [0.15, 0.2) is 0 Å². The van der Waals surface area contributed by atoms with Gasteiger partial charge in [0, 0.05) is 19.6 Å². The highest BCUT2D eigenvalue weighted by molar-refractivity contribution is 7.17. The minimum Gasteiger partial charge on any atom is -0.374 e. The Balaban J connectivity index is 1.64. The molecule has 0 saturated carbocycles. The first-order valence-corrected chi connectivity index (χ1v) is 7.51. The monoisotopic (exact) mass is 278 g/mol. The molecule has 1 N–H and O–H groups in total. The van der Waals surface area contributed by atoms with Crippen LogP contribution in [-0.2, 0) is 4.74 Å². The number of hydrogen-bond acceptors (Lipinski definition) is 6. The van der Waals surface area contributed by atoms with E-state index in [1.807, 2.05) is 11.4 Å². The second-order valence-electron chi connectivity index (χ2n) is 4.62. The van der Waals surface area contributed by atoms with Gasteiger partial charge in [-0.15, -0.1) is 11.3 Å². The topological polar surface area (TPSA) is 50.3 Å². The van der Waals surface area contributed by atoms with E-state index >= 15 is 0 Å². The zero-order valence-electron chi connectivity index (χ0n) is 11.0. The molecule has 0 aromatic carbocycles. The Morgan fingerprint density at radius 3 is 3.37 bits per heavy atom. The predicted octanol–water partition coefficient (Wildman–Crippen LogP) is 1.82. The standard InChI is InChI=1S/C13H18N4OS/c1-2-17-4-5-18-10(8-17)7-14-13-12-11(3-6-19-12)15-9-16-13/h3,6,9-10H,2,4-5,7-8H2,1H3,(H,14,15,16)/t10-/m1/s1. The van der Waals surface area contributed by atoms with E-state index in [1.165, 1.54) is 0 Å². The number of likely N-dealkylation sites (N-methyl/N-ethyl adjacent to an activating group) is 1. The third-order valence-corrected chi connectivity index (χ3v) is 4.32. The van der Waals surface area contributed by atoms with Crippen LogP contribution in [0.2, 0.25) is 0 Å².